The number of halogens is 2. The SMILES string of the molecule is O=C(CSc1cc(Cl)ccc1Cl)N[C@H]1C(=O)N2C(C(=O)O)=C(CSc3cc[n+](CCCSc4nn[nH]n4)cc3)CS[C@H]12. The molecule has 0 spiro atoms. The van der Waals surface area contributed by atoms with E-state index in [9.17, 15) is 19.5 Å². The van der Waals surface area contributed by atoms with Gasteiger partial charge in [0.05, 0.1) is 10.8 Å². The van der Waals surface area contributed by atoms with Crippen LogP contribution in [-0.4, -0.2) is 82.8 Å². The molecule has 2 aliphatic rings. The predicted octanol–water partition coefficient (Wildman–Crippen LogP) is 3.60. The molecule has 0 aliphatic carbocycles. The molecule has 1 fully saturated rings. The van der Waals surface area contributed by atoms with Gasteiger partial charge in [-0.1, -0.05) is 35.0 Å². The van der Waals surface area contributed by atoms with Crippen molar-refractivity contribution < 1.29 is 24.1 Å². The maximum atomic E-state index is 13.0. The van der Waals surface area contributed by atoms with E-state index in [1.165, 1.54) is 51.9 Å². The van der Waals surface area contributed by atoms with E-state index < -0.39 is 23.3 Å². The summed E-state index contributed by atoms with van der Waals surface area (Å²) in [5.74, 6) is -0.124. The predicted molar refractivity (Wildman–Crippen MR) is 164 cm³/mol. The topological polar surface area (TPSA) is 145 Å². The van der Waals surface area contributed by atoms with Crippen LogP contribution in [0, 0.1) is 0 Å². The van der Waals surface area contributed by atoms with Crippen LogP contribution in [0.1, 0.15) is 6.42 Å². The summed E-state index contributed by atoms with van der Waals surface area (Å²) in [5.41, 5.74) is 0.681. The van der Waals surface area contributed by atoms with E-state index in [-0.39, 0.29) is 17.4 Å². The Hall–Kier alpha value is -2.43. The lowest BCUT2D eigenvalue weighted by molar-refractivity contribution is -0.697. The average Bonchev–Trinajstić information content (AvgIpc) is 3.51. The van der Waals surface area contributed by atoms with Crippen molar-refractivity contribution in [3.8, 4) is 0 Å². The number of hydrogen-bond donors (Lipinski definition) is 3. The zero-order valence-corrected chi connectivity index (χ0v) is 26.5. The van der Waals surface area contributed by atoms with Gasteiger partial charge in [-0.3, -0.25) is 14.5 Å². The number of carbonyl (C=O) groups excluding carboxylic acids is 2. The van der Waals surface area contributed by atoms with Crippen LogP contribution in [0.2, 0.25) is 10.0 Å². The van der Waals surface area contributed by atoms with Gasteiger partial charge >= 0.3 is 5.97 Å². The minimum absolute atomic E-state index is 0.00642. The summed E-state index contributed by atoms with van der Waals surface area (Å²) in [7, 11) is 0. The Labute approximate surface area is 267 Å². The number of benzene rings is 1. The van der Waals surface area contributed by atoms with Gasteiger partial charge in [-0.15, -0.1) is 45.5 Å². The van der Waals surface area contributed by atoms with Crippen LogP contribution in [0.4, 0.5) is 0 Å². The zero-order valence-electron chi connectivity index (χ0n) is 21.7. The number of tetrazole rings is 1. The molecule has 42 heavy (non-hydrogen) atoms. The third kappa shape index (κ3) is 7.55. The maximum absolute atomic E-state index is 13.0. The molecule has 2 aromatic heterocycles. The van der Waals surface area contributed by atoms with E-state index in [0.717, 1.165) is 23.6 Å². The average molecular weight is 686 g/mol. The van der Waals surface area contributed by atoms with E-state index in [1.54, 1.807) is 18.2 Å². The van der Waals surface area contributed by atoms with Gasteiger partial charge < -0.3 is 10.4 Å². The number of aromatic amines is 1. The molecule has 3 N–H and O–H groups in total. The molecule has 1 saturated heterocycles. The maximum Gasteiger partial charge on any atom is 0.352 e. The number of nitrogens with zero attached hydrogens (tertiary/aromatic N) is 5. The molecule has 0 saturated carbocycles. The van der Waals surface area contributed by atoms with Crippen molar-refractivity contribution in [2.75, 3.05) is 23.0 Å². The molecule has 1 aromatic carbocycles. The van der Waals surface area contributed by atoms with Crippen molar-refractivity contribution in [3.63, 3.8) is 0 Å². The summed E-state index contributed by atoms with van der Waals surface area (Å²) in [4.78, 5) is 40.7. The highest BCUT2D eigenvalue weighted by atomic mass is 35.5. The molecule has 17 heteroatoms. The molecule has 2 aliphatic heterocycles. The monoisotopic (exact) mass is 684 g/mol. The fourth-order valence-corrected chi connectivity index (χ4v) is 8.56. The van der Waals surface area contributed by atoms with Gasteiger partial charge in [0.25, 0.3) is 5.91 Å². The fraction of sp³-hybridized carbons (Fsp3) is 0.320. The number of carboxylic acid groups (broad SMARTS) is 1. The van der Waals surface area contributed by atoms with Crippen molar-refractivity contribution >= 4 is 88.0 Å². The number of fused-ring (bicyclic) bond motifs is 1. The minimum atomic E-state index is -1.15. The number of aryl methyl sites for hydroxylation is 1. The van der Waals surface area contributed by atoms with Crippen LogP contribution in [0.3, 0.4) is 0 Å². The highest BCUT2D eigenvalue weighted by Crippen LogP contribution is 2.41. The standard InChI is InChI=1S/C25H23Cl2N7O4S4/c26-15-2-3-17(27)18(10-15)41-13-19(35)28-20-22(36)34-21(24(37)38)14(12-42-23(20)34)11-40-16-4-7-33(8-5-16)6-1-9-39-25-29-31-32-30-25/h2-5,7-8,10,20,23H,1,6,9,11-13H2,(H2-,28,29,30,31,32,35,37,38)/p+1/t20-,23+/m0/s1. The largest absolute Gasteiger partial charge is 0.477 e. The number of carboxylic acids is 1. The van der Waals surface area contributed by atoms with Gasteiger partial charge in [-0.05, 0) is 29.0 Å². The molecule has 11 nitrogen and oxygen atoms in total. The molecule has 0 unspecified atom stereocenters. The summed E-state index contributed by atoms with van der Waals surface area (Å²) in [6.07, 6.45) is 4.92. The van der Waals surface area contributed by atoms with E-state index in [2.05, 4.69) is 30.5 Å². The Kier molecular flexibility index (Phi) is 10.6. The van der Waals surface area contributed by atoms with Gasteiger partial charge in [-0.2, -0.15) is 5.21 Å². The molecule has 5 rings (SSSR count). The number of carbonyl (C=O) groups is 3. The van der Waals surface area contributed by atoms with Crippen LogP contribution < -0.4 is 9.88 Å². The number of rotatable bonds is 13. The molecular weight excluding hydrogens is 661 g/mol. The Balaban J connectivity index is 1.12. The molecule has 0 radical (unpaired) electrons. The number of H-pyrrole nitrogens is 1. The molecule has 4 heterocycles. The van der Waals surface area contributed by atoms with E-state index in [0.29, 0.717) is 37.2 Å². The Morgan fingerprint density at radius 1 is 1.19 bits per heavy atom. The summed E-state index contributed by atoms with van der Waals surface area (Å²) >= 11 is 17.9. The number of aliphatic carboxylic acids is 1. The van der Waals surface area contributed by atoms with Crippen molar-refractivity contribution in [1.29, 1.82) is 0 Å². The Morgan fingerprint density at radius 3 is 2.74 bits per heavy atom. The van der Waals surface area contributed by atoms with Gasteiger partial charge in [0.1, 0.15) is 23.7 Å². The first kappa shape index (κ1) is 31.0. The first-order valence-electron chi connectivity index (χ1n) is 12.6. The van der Waals surface area contributed by atoms with Crippen molar-refractivity contribution in [1.82, 2.24) is 30.8 Å². The lowest BCUT2D eigenvalue weighted by atomic mass is 10.0. The van der Waals surface area contributed by atoms with Crippen molar-refractivity contribution in [3.05, 3.63) is 64.0 Å². The van der Waals surface area contributed by atoms with Gasteiger partial charge in [0.15, 0.2) is 12.4 Å². The van der Waals surface area contributed by atoms with E-state index in [4.69, 9.17) is 23.2 Å². The zero-order chi connectivity index (χ0) is 29.6. The second-order valence-electron chi connectivity index (χ2n) is 9.03. The van der Waals surface area contributed by atoms with Crippen LogP contribution in [-0.2, 0) is 20.9 Å². The number of β-lactam (4-membered cyclic amide) rings is 1. The van der Waals surface area contributed by atoms with Crippen molar-refractivity contribution in [2.45, 2.75) is 39.3 Å². The summed E-state index contributed by atoms with van der Waals surface area (Å²) in [6, 6.07) is 8.19. The molecule has 220 valence electrons. The van der Waals surface area contributed by atoms with Gasteiger partial charge in [-0.25, -0.2) is 9.36 Å². The van der Waals surface area contributed by atoms with E-state index >= 15 is 0 Å². The Morgan fingerprint density at radius 2 is 2.00 bits per heavy atom. The number of pyridine rings is 1. The van der Waals surface area contributed by atoms with Crippen LogP contribution in [0.5, 0.6) is 0 Å². The summed E-state index contributed by atoms with van der Waals surface area (Å²) in [5, 5.41) is 27.7. The van der Waals surface area contributed by atoms with E-state index in [1.807, 2.05) is 24.5 Å². The minimum Gasteiger partial charge on any atom is -0.477 e. The van der Waals surface area contributed by atoms with Crippen molar-refractivity contribution in [2.24, 2.45) is 0 Å². The highest BCUT2D eigenvalue weighted by molar-refractivity contribution is 8.01. The van der Waals surface area contributed by atoms with Crippen LogP contribution in [0.25, 0.3) is 0 Å². The summed E-state index contributed by atoms with van der Waals surface area (Å²) in [6.45, 7) is 0.837. The van der Waals surface area contributed by atoms with Crippen LogP contribution in [0.15, 0.2) is 68.9 Å². The number of thioether (sulfide) groups is 4. The molecule has 2 amide bonds. The van der Waals surface area contributed by atoms with Crippen LogP contribution >= 0.6 is 70.2 Å². The normalized spacial score (nSPS) is 18.0. The second-order valence-corrected chi connectivity index (χ2v) is 14.1. The molecule has 2 atom stereocenters. The molecule has 3 aromatic rings. The van der Waals surface area contributed by atoms with Gasteiger partial charge in [0.2, 0.25) is 11.1 Å². The summed E-state index contributed by atoms with van der Waals surface area (Å²) < 4.78 is 2.08. The first-order chi connectivity index (χ1) is 20.3. The first-order valence-corrected chi connectivity index (χ1v) is 17.3. The second kappa shape index (κ2) is 14.4. The lowest BCUT2D eigenvalue weighted by Gasteiger charge is -2.49. The number of aromatic nitrogens is 5. The number of nitrogens with one attached hydrogen (secondary N) is 2. The highest BCUT2D eigenvalue weighted by Gasteiger charge is 2.54. The number of hydrogen-bond acceptors (Lipinski definition) is 10. The third-order valence-electron chi connectivity index (χ3n) is 6.21. The smallest absolute Gasteiger partial charge is 0.352 e. The van der Waals surface area contributed by atoms with Gasteiger partial charge in [0, 0.05) is 50.6 Å². The molecule has 0 bridgehead atoms. The molecular formula is C25H24Cl2N7O4S4+. The fourth-order valence-electron chi connectivity index (χ4n) is 4.22. The number of amides is 2. The Bertz CT molecular complexity index is 1490. The third-order valence-corrected chi connectivity index (χ3v) is 11.3. The lowest BCUT2D eigenvalue weighted by Crippen LogP contribution is -2.70. The quantitative estimate of drug-likeness (QED) is 0.105.